The first kappa shape index (κ1) is 9.03. The molecule has 0 unspecified atom stereocenters. The summed E-state index contributed by atoms with van der Waals surface area (Å²) >= 11 is 3.56. The molecule has 0 bridgehead atoms. The largest absolute Gasteiger partial charge is 0.230 e. The lowest BCUT2D eigenvalue weighted by molar-refractivity contribution is 1.10. The average molecular weight is 208 g/mol. The molecular weight excluding hydrogens is 198 g/mol. The highest BCUT2D eigenvalue weighted by atomic mass is 32.2. The predicted octanol–water partition coefficient (Wildman–Crippen LogP) is 3.60. The Kier molecular flexibility index (Phi) is 2.56. The number of benzene rings is 1. The summed E-state index contributed by atoms with van der Waals surface area (Å²) in [7, 11) is 0. The Morgan fingerprint density at radius 2 is 2.38 bits per heavy atom. The van der Waals surface area contributed by atoms with Gasteiger partial charge in [-0.05, 0) is 18.2 Å². The number of nitrogens with zero attached hydrogens (tertiary/aromatic N) is 1. The van der Waals surface area contributed by atoms with Gasteiger partial charge in [0, 0.05) is 5.25 Å². The molecule has 2 aromatic rings. The van der Waals surface area contributed by atoms with Gasteiger partial charge in [0.05, 0.1) is 10.2 Å². The van der Waals surface area contributed by atoms with E-state index < -0.39 is 0 Å². The van der Waals surface area contributed by atoms with Gasteiger partial charge < -0.3 is 0 Å². The van der Waals surface area contributed by atoms with Gasteiger partial charge in [0.25, 0.3) is 0 Å². The Labute approximate surface area is 86.2 Å². The minimum atomic E-state index is 0.601. The van der Waals surface area contributed by atoms with E-state index in [9.17, 15) is 0 Å². The molecule has 1 aromatic carbocycles. The summed E-state index contributed by atoms with van der Waals surface area (Å²) in [5, 5.41) is 0.601. The Morgan fingerprint density at radius 3 is 3.08 bits per heavy atom. The Hall–Kier alpha value is -0.540. The molecule has 2 rings (SSSR count). The van der Waals surface area contributed by atoms with Crippen molar-refractivity contribution in [3.63, 3.8) is 0 Å². The highest BCUT2D eigenvalue weighted by Crippen LogP contribution is 2.31. The van der Waals surface area contributed by atoms with E-state index in [-0.39, 0.29) is 0 Å². The summed E-state index contributed by atoms with van der Waals surface area (Å²) in [5.74, 6) is 0. The van der Waals surface area contributed by atoms with Crippen molar-refractivity contribution in [3.05, 3.63) is 24.3 Å². The van der Waals surface area contributed by atoms with Crippen LogP contribution in [0.25, 0.3) is 10.2 Å². The van der Waals surface area contributed by atoms with Gasteiger partial charge in [-0.2, -0.15) is 0 Å². The second-order valence-corrected chi connectivity index (χ2v) is 5.89. The molecule has 0 atom stereocenters. The standard InChI is InChI=1S/C10H10NS2/c1-7(2)12-10-11-8-5-3-4-6-9(8)13-10/h3,5-7H,1-2H3. The van der Waals surface area contributed by atoms with E-state index in [0.717, 1.165) is 9.86 Å². The molecule has 0 saturated heterocycles. The van der Waals surface area contributed by atoms with Crippen LogP contribution in [0.5, 0.6) is 0 Å². The second-order valence-electron chi connectivity index (χ2n) is 3.04. The maximum Gasteiger partial charge on any atom is 0.151 e. The monoisotopic (exact) mass is 208 g/mol. The van der Waals surface area contributed by atoms with Crippen LogP contribution in [-0.2, 0) is 0 Å². The summed E-state index contributed by atoms with van der Waals surface area (Å²) in [6.07, 6.45) is 0. The van der Waals surface area contributed by atoms with Crippen LogP contribution in [-0.4, -0.2) is 10.2 Å². The molecular formula is C10H10NS2. The number of aromatic nitrogens is 1. The number of rotatable bonds is 2. The normalized spacial score (nSPS) is 11.3. The highest BCUT2D eigenvalue weighted by molar-refractivity contribution is 8.01. The third kappa shape index (κ3) is 2.03. The molecule has 13 heavy (non-hydrogen) atoms. The van der Waals surface area contributed by atoms with Gasteiger partial charge in [-0.25, -0.2) is 4.98 Å². The fraction of sp³-hybridized carbons (Fsp3) is 0.300. The molecule has 0 fully saturated rings. The van der Waals surface area contributed by atoms with Gasteiger partial charge >= 0.3 is 0 Å². The maximum atomic E-state index is 4.51. The SMILES string of the molecule is CC(C)Sc1nc2cc[c]cc2s1. The number of hydrogen-bond donors (Lipinski definition) is 0. The minimum Gasteiger partial charge on any atom is -0.230 e. The van der Waals surface area contributed by atoms with Crippen LogP contribution in [0.2, 0.25) is 0 Å². The summed E-state index contributed by atoms with van der Waals surface area (Å²) < 4.78 is 2.38. The van der Waals surface area contributed by atoms with Gasteiger partial charge in [-0.3, -0.25) is 0 Å². The predicted molar refractivity (Wildman–Crippen MR) is 59.4 cm³/mol. The van der Waals surface area contributed by atoms with Crippen molar-refractivity contribution in [2.24, 2.45) is 0 Å². The topological polar surface area (TPSA) is 12.9 Å². The van der Waals surface area contributed by atoms with E-state index >= 15 is 0 Å². The first-order chi connectivity index (χ1) is 6.25. The van der Waals surface area contributed by atoms with E-state index in [0.29, 0.717) is 5.25 Å². The zero-order valence-corrected chi connectivity index (χ0v) is 9.21. The summed E-state index contributed by atoms with van der Waals surface area (Å²) in [6, 6.07) is 8.98. The van der Waals surface area contributed by atoms with Crippen LogP contribution in [0.1, 0.15) is 13.8 Å². The van der Waals surface area contributed by atoms with E-state index in [2.05, 4.69) is 24.9 Å². The van der Waals surface area contributed by atoms with E-state index in [4.69, 9.17) is 0 Å². The van der Waals surface area contributed by atoms with Gasteiger partial charge in [-0.1, -0.05) is 31.7 Å². The fourth-order valence-electron chi connectivity index (χ4n) is 1.05. The van der Waals surface area contributed by atoms with E-state index in [1.165, 1.54) is 4.70 Å². The molecule has 1 heterocycles. The summed E-state index contributed by atoms with van der Waals surface area (Å²) in [6.45, 7) is 4.37. The molecule has 0 spiro atoms. The lowest BCUT2D eigenvalue weighted by Gasteiger charge is -1.97. The molecule has 3 heteroatoms. The van der Waals surface area contributed by atoms with Crippen LogP contribution in [0, 0.1) is 6.07 Å². The van der Waals surface area contributed by atoms with Crippen LogP contribution < -0.4 is 0 Å². The van der Waals surface area contributed by atoms with Gasteiger partial charge in [0.15, 0.2) is 4.34 Å². The minimum absolute atomic E-state index is 0.601. The molecule has 0 aliphatic carbocycles. The van der Waals surface area contributed by atoms with Crippen molar-refractivity contribution in [2.45, 2.75) is 23.4 Å². The smallest absolute Gasteiger partial charge is 0.151 e. The van der Waals surface area contributed by atoms with Crippen LogP contribution in [0.4, 0.5) is 0 Å². The molecule has 0 aliphatic heterocycles. The van der Waals surface area contributed by atoms with Crippen LogP contribution >= 0.6 is 23.1 Å². The van der Waals surface area contributed by atoms with Crippen LogP contribution in [0.3, 0.4) is 0 Å². The fourth-order valence-corrected chi connectivity index (χ4v) is 3.32. The molecule has 67 valence electrons. The molecule has 0 amide bonds. The third-order valence-corrected chi connectivity index (χ3v) is 3.67. The first-order valence-corrected chi connectivity index (χ1v) is 5.88. The van der Waals surface area contributed by atoms with Gasteiger partial charge in [0.2, 0.25) is 0 Å². The lowest BCUT2D eigenvalue weighted by atomic mass is 10.3. The van der Waals surface area contributed by atoms with Crippen molar-refractivity contribution in [2.75, 3.05) is 0 Å². The second kappa shape index (κ2) is 3.68. The van der Waals surface area contributed by atoms with E-state index in [1.807, 2.05) is 30.0 Å². The zero-order valence-electron chi connectivity index (χ0n) is 7.57. The number of thiazole rings is 1. The summed E-state index contributed by atoms with van der Waals surface area (Å²) in [5.41, 5.74) is 1.09. The first-order valence-electron chi connectivity index (χ1n) is 4.19. The van der Waals surface area contributed by atoms with E-state index in [1.54, 1.807) is 11.3 Å². The molecule has 1 aromatic heterocycles. The quantitative estimate of drug-likeness (QED) is 0.699. The molecule has 1 radical (unpaired) electrons. The van der Waals surface area contributed by atoms with Crippen LogP contribution in [0.15, 0.2) is 22.5 Å². The van der Waals surface area contributed by atoms with Crippen molar-refractivity contribution < 1.29 is 0 Å². The molecule has 0 N–H and O–H groups in total. The summed E-state index contributed by atoms with van der Waals surface area (Å²) in [4.78, 5) is 4.51. The maximum absolute atomic E-state index is 4.51. The number of thioether (sulfide) groups is 1. The van der Waals surface area contributed by atoms with Gasteiger partial charge in [-0.15, -0.1) is 11.3 Å². The van der Waals surface area contributed by atoms with Crippen molar-refractivity contribution in [3.8, 4) is 0 Å². The third-order valence-electron chi connectivity index (χ3n) is 1.55. The molecule has 1 nitrogen and oxygen atoms in total. The Balaban J connectivity index is 2.38. The van der Waals surface area contributed by atoms with Crippen molar-refractivity contribution in [1.29, 1.82) is 0 Å². The number of fused-ring (bicyclic) bond motifs is 1. The number of hydrogen-bond acceptors (Lipinski definition) is 3. The molecule has 0 aliphatic rings. The van der Waals surface area contributed by atoms with Crippen molar-refractivity contribution in [1.82, 2.24) is 4.98 Å². The lowest BCUT2D eigenvalue weighted by Crippen LogP contribution is -1.83. The zero-order chi connectivity index (χ0) is 9.26. The average Bonchev–Trinajstić information content (AvgIpc) is 2.44. The highest BCUT2D eigenvalue weighted by Gasteiger charge is 2.04. The molecule has 0 saturated carbocycles. The van der Waals surface area contributed by atoms with Gasteiger partial charge in [0.1, 0.15) is 0 Å². The Bertz CT molecular complexity index is 373. The Morgan fingerprint density at radius 1 is 1.54 bits per heavy atom. The van der Waals surface area contributed by atoms with Crippen molar-refractivity contribution >= 4 is 33.3 Å².